The third kappa shape index (κ3) is 4.86. The molecule has 1 aliphatic rings. The lowest BCUT2D eigenvalue weighted by molar-refractivity contribution is -0.150. The number of ketones is 1. The molecule has 0 unspecified atom stereocenters. The second-order valence-electron chi connectivity index (χ2n) is 7.19. The van der Waals surface area contributed by atoms with Crippen molar-refractivity contribution in [1.29, 1.82) is 0 Å². The van der Waals surface area contributed by atoms with Crippen LogP contribution in [0, 0.1) is 0 Å². The maximum Gasteiger partial charge on any atom is 0.348 e. The molecule has 0 radical (unpaired) electrons. The predicted molar refractivity (Wildman–Crippen MR) is 113 cm³/mol. The van der Waals surface area contributed by atoms with Crippen LogP contribution in [0.2, 0.25) is 0 Å². The van der Waals surface area contributed by atoms with Gasteiger partial charge >= 0.3 is 5.97 Å². The zero-order valence-electron chi connectivity index (χ0n) is 17.1. The molecule has 0 aromatic heterocycles. The van der Waals surface area contributed by atoms with Crippen LogP contribution in [0.1, 0.15) is 32.3 Å². The van der Waals surface area contributed by atoms with Crippen LogP contribution >= 0.6 is 0 Å². The Kier molecular flexibility index (Phi) is 6.51. The Morgan fingerprint density at radius 3 is 2.37 bits per heavy atom. The number of benzene rings is 2. The summed E-state index contributed by atoms with van der Waals surface area (Å²) in [5.41, 5.74) is 2.05. The molecule has 0 saturated heterocycles. The van der Waals surface area contributed by atoms with E-state index in [1.165, 1.54) is 6.92 Å². The second-order valence-corrected chi connectivity index (χ2v) is 7.19. The van der Waals surface area contributed by atoms with Crippen LogP contribution in [0.4, 0.5) is 11.4 Å². The van der Waals surface area contributed by atoms with E-state index in [1.54, 1.807) is 30.3 Å². The van der Waals surface area contributed by atoms with Gasteiger partial charge < -0.3 is 20.1 Å². The van der Waals surface area contributed by atoms with Crippen molar-refractivity contribution in [3.8, 4) is 0 Å². The van der Waals surface area contributed by atoms with Gasteiger partial charge in [-0.3, -0.25) is 9.59 Å². The molecular weight excluding hydrogens is 384 g/mol. The van der Waals surface area contributed by atoms with Gasteiger partial charge in [-0.25, -0.2) is 4.79 Å². The maximum absolute atomic E-state index is 12.6. The molecule has 2 aromatic carbocycles. The quantitative estimate of drug-likeness (QED) is 0.537. The van der Waals surface area contributed by atoms with Gasteiger partial charge in [0.05, 0.1) is 0 Å². The van der Waals surface area contributed by atoms with Gasteiger partial charge in [-0.05, 0) is 36.6 Å². The molecule has 2 N–H and O–H groups in total. The Hall–Kier alpha value is -3.61. The zero-order chi connectivity index (χ0) is 21.7. The lowest BCUT2D eigenvalue weighted by Crippen LogP contribution is -2.32. The van der Waals surface area contributed by atoms with E-state index in [0.717, 1.165) is 5.56 Å². The fourth-order valence-corrected chi connectivity index (χ4v) is 2.99. The first-order valence-corrected chi connectivity index (χ1v) is 9.70. The third-order valence-electron chi connectivity index (χ3n) is 4.58. The molecule has 1 amide bonds. The Morgan fingerprint density at radius 1 is 1.00 bits per heavy atom. The van der Waals surface area contributed by atoms with E-state index >= 15 is 0 Å². The van der Waals surface area contributed by atoms with E-state index in [2.05, 4.69) is 10.6 Å². The number of para-hydroxylation sites is 2. The maximum atomic E-state index is 12.6. The number of esters is 1. The highest BCUT2D eigenvalue weighted by Crippen LogP contribution is 2.24. The number of Topliss-reactive ketones (excluding diaryl/α,β-unsaturated/α-hetero) is 1. The third-order valence-corrected chi connectivity index (χ3v) is 4.58. The predicted octanol–water partition coefficient (Wildman–Crippen LogP) is 3.60. The molecule has 30 heavy (non-hydrogen) atoms. The summed E-state index contributed by atoms with van der Waals surface area (Å²) in [6.45, 7) is 5.24. The highest BCUT2D eigenvalue weighted by molar-refractivity contribution is 6.20. The molecule has 1 heterocycles. The minimum atomic E-state index is -1.10. The Labute approximate surface area is 175 Å². The van der Waals surface area contributed by atoms with E-state index in [1.807, 2.05) is 38.1 Å². The Balaban J connectivity index is 1.70. The van der Waals surface area contributed by atoms with Gasteiger partial charge in [0, 0.05) is 11.4 Å². The molecule has 156 valence electrons. The zero-order valence-corrected chi connectivity index (χ0v) is 17.1. The van der Waals surface area contributed by atoms with E-state index in [-0.39, 0.29) is 24.0 Å². The topological polar surface area (TPSA) is 93.7 Å². The summed E-state index contributed by atoms with van der Waals surface area (Å²) in [7, 11) is 0. The van der Waals surface area contributed by atoms with Crippen molar-refractivity contribution in [1.82, 2.24) is 0 Å². The fourth-order valence-electron chi connectivity index (χ4n) is 2.99. The summed E-state index contributed by atoms with van der Waals surface area (Å²) < 4.78 is 10.6. The number of hydrogen-bond donors (Lipinski definition) is 2. The summed E-state index contributed by atoms with van der Waals surface area (Å²) in [6, 6.07) is 16.4. The molecule has 1 atom stereocenters. The molecule has 0 fully saturated rings. The lowest BCUT2D eigenvalue weighted by atomic mass is 10.0. The van der Waals surface area contributed by atoms with Gasteiger partial charge in [0.1, 0.15) is 0 Å². The Morgan fingerprint density at radius 2 is 1.67 bits per heavy atom. The molecule has 1 aliphatic heterocycles. The minimum Gasteiger partial charge on any atom is -0.470 e. The summed E-state index contributed by atoms with van der Waals surface area (Å²) in [5.74, 6) is -1.66. The van der Waals surface area contributed by atoms with E-state index in [9.17, 15) is 14.4 Å². The van der Waals surface area contributed by atoms with Gasteiger partial charge in [0.2, 0.25) is 11.7 Å². The lowest BCUT2D eigenvalue weighted by Gasteiger charge is -2.17. The van der Waals surface area contributed by atoms with Gasteiger partial charge in [0.25, 0.3) is 5.91 Å². The number of rotatable bonds is 7. The summed E-state index contributed by atoms with van der Waals surface area (Å²) >= 11 is 0. The number of amides is 1. The van der Waals surface area contributed by atoms with Crippen LogP contribution < -0.4 is 10.6 Å². The van der Waals surface area contributed by atoms with Crippen LogP contribution in [-0.4, -0.2) is 30.4 Å². The van der Waals surface area contributed by atoms with Gasteiger partial charge in [-0.1, -0.05) is 50.2 Å². The Bertz CT molecular complexity index is 982. The van der Waals surface area contributed by atoms with Crippen molar-refractivity contribution in [3.05, 3.63) is 71.6 Å². The number of ether oxygens (including phenoxy) is 2. The molecular formula is C23H24N2O5. The highest BCUT2D eigenvalue weighted by Gasteiger charge is 2.34. The van der Waals surface area contributed by atoms with Crippen LogP contribution in [0.5, 0.6) is 0 Å². The van der Waals surface area contributed by atoms with Crippen molar-refractivity contribution in [2.24, 2.45) is 0 Å². The smallest absolute Gasteiger partial charge is 0.348 e. The number of carbonyl (C=O) groups excluding carboxylic acids is 3. The molecule has 2 aromatic rings. The largest absolute Gasteiger partial charge is 0.470 e. The minimum absolute atomic E-state index is 0.0222. The van der Waals surface area contributed by atoms with Gasteiger partial charge in [-0.2, -0.15) is 0 Å². The molecule has 0 saturated carbocycles. The first-order chi connectivity index (χ1) is 14.4. The number of carbonyl (C=O) groups is 3. The molecule has 7 nitrogen and oxygen atoms in total. The molecule has 3 rings (SSSR count). The summed E-state index contributed by atoms with van der Waals surface area (Å²) in [5, 5.41) is 5.69. The van der Waals surface area contributed by atoms with Crippen molar-refractivity contribution in [2.75, 3.05) is 17.2 Å². The second kappa shape index (κ2) is 9.26. The van der Waals surface area contributed by atoms with Gasteiger partial charge in [-0.15, -0.1) is 0 Å². The van der Waals surface area contributed by atoms with Crippen molar-refractivity contribution < 1.29 is 23.9 Å². The average Bonchev–Trinajstić information content (AvgIpc) is 3.09. The van der Waals surface area contributed by atoms with Crippen molar-refractivity contribution in [3.63, 3.8) is 0 Å². The first kappa shape index (κ1) is 21.1. The van der Waals surface area contributed by atoms with Crippen molar-refractivity contribution in [2.45, 2.75) is 32.8 Å². The van der Waals surface area contributed by atoms with E-state index in [4.69, 9.17) is 9.47 Å². The van der Waals surface area contributed by atoms with Crippen LogP contribution in [0.15, 0.2) is 66.1 Å². The molecule has 0 aliphatic carbocycles. The molecule has 0 spiro atoms. The SMILES string of the molecule is CC(C)c1ccccc1NC(=O)[C@@H](C)OC(=O)C1=C(Nc2ccccc2)OCC1=O. The van der Waals surface area contributed by atoms with Crippen LogP contribution in [0.3, 0.4) is 0 Å². The van der Waals surface area contributed by atoms with Crippen LogP contribution in [-0.2, 0) is 23.9 Å². The van der Waals surface area contributed by atoms with Crippen molar-refractivity contribution >= 4 is 29.0 Å². The average molecular weight is 408 g/mol. The summed E-state index contributed by atoms with van der Waals surface area (Å²) in [6.07, 6.45) is -1.10. The standard InChI is InChI=1S/C23H24N2O5/c1-14(2)17-11-7-8-12-18(17)25-21(27)15(3)30-23(28)20-19(26)13-29-22(20)24-16-9-5-4-6-10-16/h4-12,14-15,24H,13H2,1-3H3,(H,25,27)/t15-/m1/s1. The molecule has 7 heteroatoms. The van der Waals surface area contributed by atoms with Gasteiger partial charge in [0.15, 0.2) is 18.3 Å². The molecule has 0 bridgehead atoms. The first-order valence-electron chi connectivity index (χ1n) is 9.70. The summed E-state index contributed by atoms with van der Waals surface area (Å²) in [4.78, 5) is 37.3. The monoisotopic (exact) mass is 408 g/mol. The van der Waals surface area contributed by atoms with E-state index in [0.29, 0.717) is 11.4 Å². The normalized spacial score (nSPS) is 14.3. The van der Waals surface area contributed by atoms with E-state index < -0.39 is 23.8 Å². The van der Waals surface area contributed by atoms with Crippen LogP contribution in [0.25, 0.3) is 0 Å². The number of anilines is 2. The fraction of sp³-hybridized carbons (Fsp3) is 0.261. The highest BCUT2D eigenvalue weighted by atomic mass is 16.6. The number of hydrogen-bond acceptors (Lipinski definition) is 6. The number of nitrogens with one attached hydrogen (secondary N) is 2.